The van der Waals surface area contributed by atoms with Gasteiger partial charge in [0.05, 0.1) is 17.7 Å². The molecule has 2 aromatic heterocycles. The first-order valence-electron chi connectivity index (χ1n) is 6.19. The lowest BCUT2D eigenvalue weighted by Gasteiger charge is -2.18. The monoisotopic (exact) mass is 278 g/mol. The van der Waals surface area contributed by atoms with Gasteiger partial charge in [-0.15, -0.1) is 11.8 Å². The van der Waals surface area contributed by atoms with E-state index in [1.54, 1.807) is 12.3 Å². The van der Waals surface area contributed by atoms with Gasteiger partial charge in [0, 0.05) is 24.9 Å². The Balaban J connectivity index is 1.66. The van der Waals surface area contributed by atoms with Crippen LogP contribution in [0.15, 0.2) is 39.6 Å². The molecule has 6 heteroatoms. The zero-order chi connectivity index (χ0) is 13.1. The standard InChI is InChI=1S/C13H14N2O3S/c16-13(11-3-5-14-18-11)15-6-4-12(19-9-7-15)10-2-1-8-17-10/h1-3,5,8,12H,4,6-7,9H2. The summed E-state index contributed by atoms with van der Waals surface area (Å²) in [7, 11) is 0. The quantitative estimate of drug-likeness (QED) is 0.845. The normalized spacial score (nSPS) is 20.2. The van der Waals surface area contributed by atoms with Crippen LogP contribution >= 0.6 is 11.8 Å². The van der Waals surface area contributed by atoms with E-state index in [1.165, 1.54) is 6.20 Å². The van der Waals surface area contributed by atoms with Crippen molar-refractivity contribution in [2.45, 2.75) is 11.7 Å². The van der Waals surface area contributed by atoms with Crippen LogP contribution in [0.5, 0.6) is 0 Å². The van der Waals surface area contributed by atoms with Crippen LogP contribution in [0, 0.1) is 0 Å². The Hall–Kier alpha value is -1.69. The summed E-state index contributed by atoms with van der Waals surface area (Å²) in [4.78, 5) is 14.0. The number of amides is 1. The molecule has 1 atom stereocenters. The number of carbonyl (C=O) groups is 1. The molecule has 0 spiro atoms. The van der Waals surface area contributed by atoms with Crippen LogP contribution in [0.2, 0.25) is 0 Å². The first-order chi connectivity index (χ1) is 9.34. The third-order valence-corrected chi connectivity index (χ3v) is 4.43. The van der Waals surface area contributed by atoms with Gasteiger partial charge in [-0.25, -0.2) is 0 Å². The summed E-state index contributed by atoms with van der Waals surface area (Å²) >= 11 is 1.83. The highest BCUT2D eigenvalue weighted by atomic mass is 32.2. The van der Waals surface area contributed by atoms with E-state index in [0.29, 0.717) is 17.6 Å². The van der Waals surface area contributed by atoms with Crippen molar-refractivity contribution in [1.29, 1.82) is 0 Å². The Morgan fingerprint density at radius 3 is 3.11 bits per heavy atom. The summed E-state index contributed by atoms with van der Waals surface area (Å²) in [5.41, 5.74) is 0. The minimum absolute atomic E-state index is 0.0850. The lowest BCUT2D eigenvalue weighted by molar-refractivity contribution is 0.0724. The first-order valence-corrected chi connectivity index (χ1v) is 7.24. The maximum Gasteiger partial charge on any atom is 0.292 e. The Kier molecular flexibility index (Phi) is 3.59. The largest absolute Gasteiger partial charge is 0.468 e. The van der Waals surface area contributed by atoms with E-state index >= 15 is 0 Å². The van der Waals surface area contributed by atoms with E-state index in [2.05, 4.69) is 5.16 Å². The van der Waals surface area contributed by atoms with Crippen LogP contribution in [0.25, 0.3) is 0 Å². The van der Waals surface area contributed by atoms with E-state index in [9.17, 15) is 4.79 Å². The fourth-order valence-electron chi connectivity index (χ4n) is 2.16. The molecule has 0 aliphatic carbocycles. The molecule has 3 heterocycles. The van der Waals surface area contributed by atoms with Gasteiger partial charge >= 0.3 is 0 Å². The number of rotatable bonds is 2. The third kappa shape index (κ3) is 2.68. The molecule has 1 amide bonds. The average Bonchev–Trinajstić information content (AvgIpc) is 3.08. The topological polar surface area (TPSA) is 59.5 Å². The van der Waals surface area contributed by atoms with Crippen molar-refractivity contribution < 1.29 is 13.7 Å². The molecule has 1 aliphatic rings. The van der Waals surface area contributed by atoms with Gasteiger partial charge in [-0.05, 0) is 18.6 Å². The van der Waals surface area contributed by atoms with Crippen molar-refractivity contribution >= 4 is 17.7 Å². The van der Waals surface area contributed by atoms with E-state index in [-0.39, 0.29) is 5.91 Å². The van der Waals surface area contributed by atoms with Crippen molar-refractivity contribution in [1.82, 2.24) is 10.1 Å². The van der Waals surface area contributed by atoms with Crippen molar-refractivity contribution in [2.24, 2.45) is 0 Å². The predicted molar refractivity (Wildman–Crippen MR) is 70.9 cm³/mol. The lowest BCUT2D eigenvalue weighted by atomic mass is 10.2. The van der Waals surface area contributed by atoms with E-state index < -0.39 is 0 Å². The second kappa shape index (κ2) is 5.52. The minimum atomic E-state index is -0.0850. The molecule has 1 saturated heterocycles. The van der Waals surface area contributed by atoms with Crippen LogP contribution in [-0.2, 0) is 0 Å². The highest BCUT2D eigenvalue weighted by Gasteiger charge is 2.25. The zero-order valence-corrected chi connectivity index (χ0v) is 11.1. The SMILES string of the molecule is O=C(c1ccno1)N1CCSC(c2ccco2)CC1. The molecule has 0 saturated carbocycles. The van der Waals surface area contributed by atoms with Gasteiger partial charge in [-0.3, -0.25) is 4.79 Å². The number of furan rings is 1. The molecular formula is C13H14N2O3S. The molecule has 5 nitrogen and oxygen atoms in total. The minimum Gasteiger partial charge on any atom is -0.468 e. The summed E-state index contributed by atoms with van der Waals surface area (Å²) in [5.74, 6) is 2.10. The van der Waals surface area contributed by atoms with Crippen molar-refractivity contribution in [2.75, 3.05) is 18.8 Å². The molecule has 0 aromatic carbocycles. The Morgan fingerprint density at radius 1 is 1.42 bits per heavy atom. The van der Waals surface area contributed by atoms with Crippen LogP contribution in [0.4, 0.5) is 0 Å². The first kappa shape index (κ1) is 12.3. The predicted octanol–water partition coefficient (Wildman–Crippen LogP) is 2.59. The smallest absolute Gasteiger partial charge is 0.292 e. The Labute approximate surface area is 114 Å². The van der Waals surface area contributed by atoms with Crippen LogP contribution in [0.1, 0.15) is 28.0 Å². The summed E-state index contributed by atoms with van der Waals surface area (Å²) in [6, 6.07) is 5.49. The summed E-state index contributed by atoms with van der Waals surface area (Å²) in [6.45, 7) is 1.43. The van der Waals surface area contributed by atoms with Gasteiger partial charge in [0.15, 0.2) is 0 Å². The van der Waals surface area contributed by atoms with Crippen LogP contribution < -0.4 is 0 Å². The fourth-order valence-corrected chi connectivity index (χ4v) is 3.34. The molecule has 0 radical (unpaired) electrons. The molecule has 1 fully saturated rings. The summed E-state index contributed by atoms with van der Waals surface area (Å²) in [5, 5.41) is 3.90. The van der Waals surface area contributed by atoms with Crippen LogP contribution in [0.3, 0.4) is 0 Å². The number of hydrogen-bond acceptors (Lipinski definition) is 5. The molecule has 2 aromatic rings. The van der Waals surface area contributed by atoms with Crippen molar-refractivity contribution in [3.63, 3.8) is 0 Å². The number of hydrogen-bond donors (Lipinski definition) is 0. The summed E-state index contributed by atoms with van der Waals surface area (Å²) < 4.78 is 10.4. The van der Waals surface area contributed by atoms with Crippen LogP contribution in [-0.4, -0.2) is 34.8 Å². The zero-order valence-electron chi connectivity index (χ0n) is 10.3. The summed E-state index contributed by atoms with van der Waals surface area (Å²) in [6.07, 6.45) is 4.07. The third-order valence-electron chi connectivity index (χ3n) is 3.14. The van der Waals surface area contributed by atoms with E-state index in [0.717, 1.165) is 24.5 Å². The van der Waals surface area contributed by atoms with Gasteiger partial charge in [0.25, 0.3) is 5.91 Å². The van der Waals surface area contributed by atoms with E-state index in [4.69, 9.17) is 8.94 Å². The second-order valence-corrected chi connectivity index (χ2v) is 5.64. The molecule has 1 unspecified atom stereocenters. The van der Waals surface area contributed by atoms with Gasteiger partial charge in [0.1, 0.15) is 5.76 Å². The highest BCUT2D eigenvalue weighted by Crippen LogP contribution is 2.34. The van der Waals surface area contributed by atoms with Gasteiger partial charge in [-0.1, -0.05) is 5.16 Å². The molecule has 100 valence electrons. The second-order valence-electron chi connectivity index (χ2n) is 4.33. The van der Waals surface area contributed by atoms with E-state index in [1.807, 2.05) is 28.8 Å². The highest BCUT2D eigenvalue weighted by molar-refractivity contribution is 7.99. The Bertz CT molecular complexity index is 524. The number of carbonyl (C=O) groups excluding carboxylic acids is 1. The van der Waals surface area contributed by atoms with Gasteiger partial charge in [-0.2, -0.15) is 0 Å². The Morgan fingerprint density at radius 2 is 2.37 bits per heavy atom. The molecule has 0 bridgehead atoms. The fraction of sp³-hybridized carbons (Fsp3) is 0.385. The molecular weight excluding hydrogens is 264 g/mol. The van der Waals surface area contributed by atoms with Gasteiger partial charge < -0.3 is 13.8 Å². The molecule has 1 aliphatic heterocycles. The number of thioether (sulfide) groups is 1. The van der Waals surface area contributed by atoms with Crippen molar-refractivity contribution in [3.05, 3.63) is 42.2 Å². The molecule has 19 heavy (non-hydrogen) atoms. The number of nitrogens with zero attached hydrogens (tertiary/aromatic N) is 2. The maximum absolute atomic E-state index is 12.2. The van der Waals surface area contributed by atoms with Gasteiger partial charge in [0.2, 0.25) is 5.76 Å². The number of aromatic nitrogens is 1. The molecule has 3 rings (SSSR count). The lowest BCUT2D eigenvalue weighted by Crippen LogP contribution is -2.32. The maximum atomic E-state index is 12.2. The molecule has 0 N–H and O–H groups in total. The van der Waals surface area contributed by atoms with Crippen molar-refractivity contribution in [3.8, 4) is 0 Å². The average molecular weight is 278 g/mol.